The van der Waals surface area contributed by atoms with E-state index in [-0.39, 0.29) is 24.3 Å². The maximum atomic E-state index is 12.7. The molecule has 2 unspecified atom stereocenters. The lowest BCUT2D eigenvalue weighted by Crippen LogP contribution is -2.32. The van der Waals surface area contributed by atoms with Crippen molar-refractivity contribution in [3.63, 3.8) is 0 Å². The normalized spacial score (nSPS) is 17.8. The Hall–Kier alpha value is -2.42. The smallest absolute Gasteiger partial charge is 0.347 e. The van der Waals surface area contributed by atoms with Gasteiger partial charge in [0.15, 0.2) is 0 Å². The lowest BCUT2D eigenvalue weighted by atomic mass is 10.1. The second-order valence-corrected chi connectivity index (χ2v) is 8.33. The van der Waals surface area contributed by atoms with Crippen LogP contribution in [0.3, 0.4) is 0 Å². The van der Waals surface area contributed by atoms with E-state index in [0.29, 0.717) is 10.6 Å². The van der Waals surface area contributed by atoms with Crippen molar-refractivity contribution in [1.29, 1.82) is 0 Å². The van der Waals surface area contributed by atoms with Gasteiger partial charge in [-0.25, -0.2) is 17.9 Å². The monoisotopic (exact) mass is 423 g/mol. The fourth-order valence-electron chi connectivity index (χ4n) is 2.74. The Kier molecular flexibility index (Phi) is 6.33. The molecule has 0 spiro atoms. The van der Waals surface area contributed by atoms with Crippen molar-refractivity contribution in [2.24, 2.45) is 0 Å². The van der Waals surface area contributed by atoms with Crippen LogP contribution in [0.5, 0.6) is 0 Å². The number of halogens is 1. The molecule has 3 rings (SSSR count). The molecule has 2 atom stereocenters. The summed E-state index contributed by atoms with van der Waals surface area (Å²) in [4.78, 5) is 23.9. The third-order valence-electron chi connectivity index (χ3n) is 4.16. The highest BCUT2D eigenvalue weighted by Gasteiger charge is 2.32. The van der Waals surface area contributed by atoms with Gasteiger partial charge in [0.1, 0.15) is 0 Å². The SMILES string of the molecule is O=C(CC(NS(=O)(=O)c1ccccc1)c1ccc(Cl)cc1)OC1CCOC1=O. The Bertz CT molecular complexity index is 946. The summed E-state index contributed by atoms with van der Waals surface area (Å²) in [5.41, 5.74) is 0.537. The highest BCUT2D eigenvalue weighted by Crippen LogP contribution is 2.24. The van der Waals surface area contributed by atoms with Gasteiger partial charge in [0.05, 0.1) is 24.0 Å². The maximum absolute atomic E-state index is 12.7. The van der Waals surface area contributed by atoms with Gasteiger partial charge in [-0.05, 0) is 29.8 Å². The molecule has 0 radical (unpaired) electrons. The van der Waals surface area contributed by atoms with Crippen molar-refractivity contribution in [2.45, 2.75) is 29.9 Å². The zero-order chi connectivity index (χ0) is 20.1. The molecule has 0 aromatic heterocycles. The standard InChI is InChI=1S/C19H18ClNO6S/c20-14-8-6-13(7-9-14)16(12-18(22)27-17-10-11-26-19(17)23)21-28(24,25)15-4-2-1-3-5-15/h1-9,16-17,21H,10-12H2. The third-order valence-corrected chi connectivity index (χ3v) is 5.89. The van der Waals surface area contributed by atoms with Gasteiger partial charge in [-0.15, -0.1) is 0 Å². The minimum atomic E-state index is -3.88. The topological polar surface area (TPSA) is 98.8 Å². The summed E-state index contributed by atoms with van der Waals surface area (Å²) in [5.74, 6) is -1.30. The van der Waals surface area contributed by atoms with Gasteiger partial charge in [-0.3, -0.25) is 4.79 Å². The van der Waals surface area contributed by atoms with Crippen molar-refractivity contribution < 1.29 is 27.5 Å². The van der Waals surface area contributed by atoms with Crippen molar-refractivity contribution in [3.8, 4) is 0 Å². The van der Waals surface area contributed by atoms with Gasteiger partial charge in [0, 0.05) is 11.4 Å². The first-order valence-electron chi connectivity index (χ1n) is 8.54. The lowest BCUT2D eigenvalue weighted by molar-refractivity contribution is -0.160. The minimum Gasteiger partial charge on any atom is -0.463 e. The van der Waals surface area contributed by atoms with Crippen molar-refractivity contribution in [1.82, 2.24) is 4.72 Å². The Morgan fingerprint density at radius 2 is 1.86 bits per heavy atom. The van der Waals surface area contributed by atoms with Crippen LogP contribution in [-0.2, 0) is 29.1 Å². The second-order valence-electron chi connectivity index (χ2n) is 6.18. The predicted octanol–water partition coefficient (Wildman–Crippen LogP) is 2.61. The van der Waals surface area contributed by atoms with Gasteiger partial charge < -0.3 is 9.47 Å². The van der Waals surface area contributed by atoms with Gasteiger partial charge in [-0.2, -0.15) is 0 Å². The molecular formula is C19H18ClNO6S. The van der Waals surface area contributed by atoms with Gasteiger partial charge in [0.25, 0.3) is 0 Å². The van der Waals surface area contributed by atoms with Crippen LogP contribution in [0, 0.1) is 0 Å². The molecule has 1 heterocycles. The molecule has 0 amide bonds. The zero-order valence-corrected chi connectivity index (χ0v) is 16.3. The van der Waals surface area contributed by atoms with Crippen LogP contribution in [0.4, 0.5) is 0 Å². The number of benzene rings is 2. The van der Waals surface area contributed by atoms with Crippen LogP contribution in [0.1, 0.15) is 24.4 Å². The molecule has 148 valence electrons. The van der Waals surface area contributed by atoms with Crippen molar-refractivity contribution in [3.05, 3.63) is 65.2 Å². The number of rotatable bonds is 7. The number of carbonyl (C=O) groups is 2. The molecule has 1 saturated heterocycles. The van der Waals surface area contributed by atoms with E-state index < -0.39 is 34.1 Å². The number of sulfonamides is 1. The second kappa shape index (κ2) is 8.72. The summed E-state index contributed by atoms with van der Waals surface area (Å²) < 4.78 is 37.8. The molecule has 0 bridgehead atoms. The Morgan fingerprint density at radius 1 is 1.18 bits per heavy atom. The van der Waals surface area contributed by atoms with E-state index >= 15 is 0 Å². The van der Waals surface area contributed by atoms with Gasteiger partial charge in [-0.1, -0.05) is 41.9 Å². The Morgan fingerprint density at radius 3 is 2.46 bits per heavy atom. The first kappa shape index (κ1) is 20.3. The highest BCUT2D eigenvalue weighted by atomic mass is 35.5. The third kappa shape index (κ3) is 5.09. The van der Waals surface area contributed by atoms with E-state index in [9.17, 15) is 18.0 Å². The van der Waals surface area contributed by atoms with Crippen LogP contribution in [-0.4, -0.2) is 33.1 Å². The van der Waals surface area contributed by atoms with Crippen LogP contribution in [0.15, 0.2) is 59.5 Å². The first-order chi connectivity index (χ1) is 13.3. The average molecular weight is 424 g/mol. The molecule has 0 saturated carbocycles. The van der Waals surface area contributed by atoms with Crippen molar-refractivity contribution in [2.75, 3.05) is 6.61 Å². The molecule has 9 heteroatoms. The number of cyclic esters (lactones) is 1. The molecule has 7 nitrogen and oxygen atoms in total. The van der Waals surface area contributed by atoms with E-state index in [0.717, 1.165) is 0 Å². The zero-order valence-electron chi connectivity index (χ0n) is 14.7. The molecule has 0 aliphatic carbocycles. The summed E-state index contributed by atoms with van der Waals surface area (Å²) >= 11 is 5.90. The summed E-state index contributed by atoms with van der Waals surface area (Å²) in [7, 11) is -3.88. The average Bonchev–Trinajstić information content (AvgIpc) is 3.07. The molecule has 1 aliphatic rings. The maximum Gasteiger partial charge on any atom is 0.347 e. The number of hydrogen-bond donors (Lipinski definition) is 1. The molecule has 1 N–H and O–H groups in total. The first-order valence-corrected chi connectivity index (χ1v) is 10.4. The lowest BCUT2D eigenvalue weighted by Gasteiger charge is -2.19. The summed E-state index contributed by atoms with van der Waals surface area (Å²) in [5, 5.41) is 0.477. The number of carbonyl (C=O) groups excluding carboxylic acids is 2. The number of hydrogen-bond acceptors (Lipinski definition) is 6. The van der Waals surface area contributed by atoms with E-state index in [1.54, 1.807) is 42.5 Å². The Labute approximate surface area is 167 Å². The molecule has 2 aromatic carbocycles. The summed E-state index contributed by atoms with van der Waals surface area (Å²) in [6.45, 7) is 0.192. The van der Waals surface area contributed by atoms with Crippen LogP contribution in [0.2, 0.25) is 5.02 Å². The summed E-state index contributed by atoms with van der Waals surface area (Å²) in [6.07, 6.45) is -0.965. The molecular weight excluding hydrogens is 406 g/mol. The van der Waals surface area contributed by atoms with E-state index in [4.69, 9.17) is 21.1 Å². The minimum absolute atomic E-state index is 0.0710. The van der Waals surface area contributed by atoms with Crippen molar-refractivity contribution >= 4 is 33.6 Å². The molecule has 1 aliphatic heterocycles. The Balaban J connectivity index is 1.80. The summed E-state index contributed by atoms with van der Waals surface area (Å²) in [6, 6.07) is 13.4. The number of nitrogens with one attached hydrogen (secondary N) is 1. The number of esters is 2. The molecule has 28 heavy (non-hydrogen) atoms. The van der Waals surface area contributed by atoms with Gasteiger partial charge in [0.2, 0.25) is 16.1 Å². The van der Waals surface area contributed by atoms with Crippen LogP contribution < -0.4 is 4.72 Å². The van der Waals surface area contributed by atoms with Crippen LogP contribution in [0.25, 0.3) is 0 Å². The van der Waals surface area contributed by atoms with E-state index in [1.165, 1.54) is 12.1 Å². The fourth-order valence-corrected chi connectivity index (χ4v) is 4.11. The van der Waals surface area contributed by atoms with E-state index in [2.05, 4.69) is 4.72 Å². The largest absolute Gasteiger partial charge is 0.463 e. The number of ether oxygens (including phenoxy) is 2. The predicted molar refractivity (Wildman–Crippen MR) is 101 cm³/mol. The molecule has 1 fully saturated rings. The van der Waals surface area contributed by atoms with Gasteiger partial charge >= 0.3 is 11.9 Å². The fraction of sp³-hybridized carbons (Fsp3) is 0.263. The van der Waals surface area contributed by atoms with Crippen LogP contribution >= 0.6 is 11.6 Å². The highest BCUT2D eigenvalue weighted by molar-refractivity contribution is 7.89. The molecule has 2 aromatic rings. The van der Waals surface area contributed by atoms with E-state index in [1.807, 2.05) is 0 Å². The quantitative estimate of drug-likeness (QED) is 0.687.